The molecule has 2 aliphatic heterocycles. The van der Waals surface area contributed by atoms with Gasteiger partial charge in [-0.3, -0.25) is 4.90 Å². The summed E-state index contributed by atoms with van der Waals surface area (Å²) in [5.41, 5.74) is 3.38. The van der Waals surface area contributed by atoms with Gasteiger partial charge in [-0.05, 0) is 61.6 Å². The number of carbonyl (C=O) groups excluding carboxylic acids is 1. The van der Waals surface area contributed by atoms with Crippen LogP contribution in [0.1, 0.15) is 38.3 Å². The number of morpholine rings is 1. The van der Waals surface area contributed by atoms with E-state index >= 15 is 0 Å². The predicted octanol–water partition coefficient (Wildman–Crippen LogP) is 4.94. The van der Waals surface area contributed by atoms with E-state index in [4.69, 9.17) is 9.47 Å². The normalized spacial score (nSPS) is 22.5. The number of ether oxygens (including phenoxy) is 2. The highest BCUT2D eigenvalue weighted by molar-refractivity contribution is 5.96. The van der Waals surface area contributed by atoms with Gasteiger partial charge in [0.05, 0.1) is 25.3 Å². The molecule has 0 aliphatic carbocycles. The van der Waals surface area contributed by atoms with E-state index in [1.807, 2.05) is 25.7 Å². The van der Waals surface area contributed by atoms with Crippen molar-refractivity contribution >= 4 is 22.4 Å². The SMILES string of the molecule is Cc1ccc2ccccc2c1C1=CC2COCC(C1)N2C(=O)OC(C)(C)C. The van der Waals surface area contributed by atoms with Crippen molar-refractivity contribution in [2.75, 3.05) is 13.2 Å². The largest absolute Gasteiger partial charge is 0.444 e. The number of carbonyl (C=O) groups is 1. The smallest absolute Gasteiger partial charge is 0.411 e. The zero-order valence-corrected chi connectivity index (χ0v) is 16.5. The summed E-state index contributed by atoms with van der Waals surface area (Å²) in [5.74, 6) is 0. The molecule has 2 unspecified atom stereocenters. The van der Waals surface area contributed by atoms with E-state index in [1.165, 1.54) is 27.5 Å². The molecule has 0 spiro atoms. The molecule has 0 radical (unpaired) electrons. The summed E-state index contributed by atoms with van der Waals surface area (Å²) in [7, 11) is 0. The summed E-state index contributed by atoms with van der Waals surface area (Å²) in [6.07, 6.45) is 2.74. The number of hydrogen-bond donors (Lipinski definition) is 0. The Kier molecular flexibility index (Phi) is 4.47. The van der Waals surface area contributed by atoms with Gasteiger partial charge in [-0.2, -0.15) is 0 Å². The first-order valence-corrected chi connectivity index (χ1v) is 9.62. The Bertz CT molecular complexity index is 909. The minimum Gasteiger partial charge on any atom is -0.444 e. The zero-order valence-electron chi connectivity index (χ0n) is 16.5. The number of fused-ring (bicyclic) bond motifs is 3. The number of amides is 1. The zero-order chi connectivity index (χ0) is 19.2. The Morgan fingerprint density at radius 3 is 2.67 bits per heavy atom. The molecule has 2 heterocycles. The number of nitrogens with zero attached hydrogens (tertiary/aromatic N) is 1. The second-order valence-electron chi connectivity index (χ2n) is 8.52. The Morgan fingerprint density at radius 1 is 1.15 bits per heavy atom. The summed E-state index contributed by atoms with van der Waals surface area (Å²) >= 11 is 0. The van der Waals surface area contributed by atoms with Gasteiger partial charge < -0.3 is 9.47 Å². The lowest BCUT2D eigenvalue weighted by Gasteiger charge is -2.45. The fourth-order valence-electron chi connectivity index (χ4n) is 4.19. The Morgan fingerprint density at radius 2 is 1.93 bits per heavy atom. The first kappa shape index (κ1) is 18.1. The van der Waals surface area contributed by atoms with Crippen LogP contribution in [-0.4, -0.2) is 41.9 Å². The van der Waals surface area contributed by atoms with Crippen molar-refractivity contribution in [1.29, 1.82) is 0 Å². The fraction of sp³-hybridized carbons (Fsp3) is 0.435. The molecule has 1 amide bonds. The van der Waals surface area contributed by atoms with E-state index in [2.05, 4.69) is 49.4 Å². The molecule has 2 aromatic rings. The van der Waals surface area contributed by atoms with E-state index in [0.29, 0.717) is 13.2 Å². The molecule has 0 N–H and O–H groups in total. The molecule has 4 nitrogen and oxygen atoms in total. The molecule has 4 rings (SSSR count). The van der Waals surface area contributed by atoms with Crippen molar-refractivity contribution in [2.45, 2.75) is 51.8 Å². The summed E-state index contributed by atoms with van der Waals surface area (Å²) < 4.78 is 11.4. The molecule has 2 bridgehead atoms. The van der Waals surface area contributed by atoms with Gasteiger partial charge in [-0.25, -0.2) is 4.79 Å². The molecule has 2 atom stereocenters. The third kappa shape index (κ3) is 3.46. The average Bonchev–Trinajstić information content (AvgIpc) is 2.59. The van der Waals surface area contributed by atoms with Crippen molar-refractivity contribution in [3.63, 3.8) is 0 Å². The van der Waals surface area contributed by atoms with Crippen LogP contribution in [0.15, 0.2) is 42.5 Å². The molecule has 27 heavy (non-hydrogen) atoms. The maximum Gasteiger partial charge on any atom is 0.411 e. The molecule has 1 fully saturated rings. The van der Waals surface area contributed by atoms with E-state index in [-0.39, 0.29) is 18.2 Å². The number of rotatable bonds is 1. The predicted molar refractivity (Wildman–Crippen MR) is 108 cm³/mol. The number of aryl methyl sites for hydroxylation is 1. The van der Waals surface area contributed by atoms with Crippen molar-refractivity contribution in [3.8, 4) is 0 Å². The molecule has 1 saturated heterocycles. The van der Waals surface area contributed by atoms with E-state index in [1.54, 1.807) is 0 Å². The van der Waals surface area contributed by atoms with Crippen LogP contribution in [0.5, 0.6) is 0 Å². The van der Waals surface area contributed by atoms with Gasteiger partial charge in [0.2, 0.25) is 0 Å². The van der Waals surface area contributed by atoms with Gasteiger partial charge >= 0.3 is 6.09 Å². The molecular weight excluding hydrogens is 338 g/mol. The quantitative estimate of drug-likeness (QED) is 0.718. The first-order valence-electron chi connectivity index (χ1n) is 9.62. The van der Waals surface area contributed by atoms with Crippen molar-refractivity contribution in [2.24, 2.45) is 0 Å². The highest BCUT2D eigenvalue weighted by Crippen LogP contribution is 2.37. The van der Waals surface area contributed by atoms with Crippen LogP contribution >= 0.6 is 0 Å². The molecular formula is C23H27NO3. The minimum atomic E-state index is -0.498. The van der Waals surface area contributed by atoms with Crippen LogP contribution in [0.2, 0.25) is 0 Å². The first-order chi connectivity index (χ1) is 12.8. The van der Waals surface area contributed by atoms with Gasteiger partial charge in [0.15, 0.2) is 0 Å². The van der Waals surface area contributed by atoms with Crippen LogP contribution in [0.25, 0.3) is 16.3 Å². The molecule has 2 aromatic carbocycles. The maximum absolute atomic E-state index is 12.8. The summed E-state index contributed by atoms with van der Waals surface area (Å²) in [6, 6.07) is 12.8. The van der Waals surface area contributed by atoms with Gasteiger partial charge in [0.25, 0.3) is 0 Å². The summed E-state index contributed by atoms with van der Waals surface area (Å²) in [6.45, 7) is 8.95. The van der Waals surface area contributed by atoms with Crippen molar-refractivity contribution in [1.82, 2.24) is 4.90 Å². The van der Waals surface area contributed by atoms with Crippen LogP contribution < -0.4 is 0 Å². The van der Waals surface area contributed by atoms with Gasteiger partial charge in [0.1, 0.15) is 5.60 Å². The van der Waals surface area contributed by atoms with Gasteiger partial charge in [-0.1, -0.05) is 42.5 Å². The maximum atomic E-state index is 12.8. The van der Waals surface area contributed by atoms with E-state index < -0.39 is 5.60 Å². The van der Waals surface area contributed by atoms with E-state index in [9.17, 15) is 4.79 Å². The van der Waals surface area contributed by atoms with Crippen molar-refractivity contribution in [3.05, 3.63) is 53.6 Å². The second-order valence-corrected chi connectivity index (χ2v) is 8.52. The monoisotopic (exact) mass is 365 g/mol. The highest BCUT2D eigenvalue weighted by atomic mass is 16.6. The van der Waals surface area contributed by atoms with Crippen LogP contribution in [-0.2, 0) is 9.47 Å². The second kappa shape index (κ2) is 6.68. The third-order valence-corrected chi connectivity index (χ3v) is 5.26. The standard InChI is InChI=1S/C23H27NO3/c1-15-9-10-16-7-5-6-8-20(16)21(15)17-11-18-13-26-14-19(12-17)24(18)22(25)27-23(2,3)4/h5-11,18-19H,12-14H2,1-4H3. The average molecular weight is 365 g/mol. The number of hydrogen-bond acceptors (Lipinski definition) is 3. The summed E-state index contributed by atoms with van der Waals surface area (Å²) in [4.78, 5) is 14.6. The highest BCUT2D eigenvalue weighted by Gasteiger charge is 2.40. The molecule has 142 valence electrons. The molecule has 0 aromatic heterocycles. The third-order valence-electron chi connectivity index (χ3n) is 5.26. The topological polar surface area (TPSA) is 38.8 Å². The Hall–Kier alpha value is -2.33. The van der Waals surface area contributed by atoms with Gasteiger partial charge in [0, 0.05) is 0 Å². The van der Waals surface area contributed by atoms with E-state index in [0.717, 1.165) is 6.42 Å². The Balaban J connectivity index is 1.74. The molecule has 2 aliphatic rings. The van der Waals surface area contributed by atoms with Crippen LogP contribution in [0, 0.1) is 6.92 Å². The lowest BCUT2D eigenvalue weighted by atomic mass is 9.85. The minimum absolute atomic E-state index is 0.0111. The van der Waals surface area contributed by atoms with Crippen LogP contribution in [0.3, 0.4) is 0 Å². The molecule has 0 saturated carbocycles. The van der Waals surface area contributed by atoms with Crippen LogP contribution in [0.4, 0.5) is 4.79 Å². The summed E-state index contributed by atoms with van der Waals surface area (Å²) in [5, 5.41) is 2.52. The lowest BCUT2D eigenvalue weighted by molar-refractivity contribution is -0.0510. The number of benzene rings is 2. The fourth-order valence-corrected chi connectivity index (χ4v) is 4.19. The molecule has 4 heteroatoms. The Labute approximate surface area is 160 Å². The lowest BCUT2D eigenvalue weighted by Crippen LogP contribution is -2.57. The van der Waals surface area contributed by atoms with Crippen molar-refractivity contribution < 1.29 is 14.3 Å². The van der Waals surface area contributed by atoms with Gasteiger partial charge in [-0.15, -0.1) is 0 Å².